The van der Waals surface area contributed by atoms with Crippen molar-refractivity contribution in [3.8, 4) is 0 Å². The maximum absolute atomic E-state index is 12.0. The van der Waals surface area contributed by atoms with Crippen LogP contribution in [-0.4, -0.2) is 16.5 Å². The highest BCUT2D eigenvalue weighted by Crippen LogP contribution is 2.17. The third-order valence-corrected chi connectivity index (χ3v) is 3.31. The largest absolute Gasteiger partial charge is 0.282 e. The Balaban J connectivity index is 1.96. The van der Waals surface area contributed by atoms with Gasteiger partial charge >= 0.3 is 0 Å². The van der Waals surface area contributed by atoms with Gasteiger partial charge in [-0.15, -0.1) is 0 Å². The summed E-state index contributed by atoms with van der Waals surface area (Å²) in [5.74, 6) is -0.587. The Bertz CT molecular complexity index is 727. The SMILES string of the molecule is C/C(CCc1ccccc1)=N/NC(=O)c1ccccc1[N+](=O)[O-]. The second kappa shape index (κ2) is 7.84. The minimum Gasteiger partial charge on any atom is -0.267 e. The molecule has 0 radical (unpaired) electrons. The summed E-state index contributed by atoms with van der Waals surface area (Å²) in [5.41, 5.74) is 4.08. The summed E-state index contributed by atoms with van der Waals surface area (Å²) in [6.07, 6.45) is 1.51. The summed E-state index contributed by atoms with van der Waals surface area (Å²) in [5, 5.41) is 14.9. The van der Waals surface area contributed by atoms with Gasteiger partial charge in [-0.25, -0.2) is 5.43 Å². The topological polar surface area (TPSA) is 84.6 Å². The van der Waals surface area contributed by atoms with E-state index in [4.69, 9.17) is 0 Å². The molecule has 6 nitrogen and oxygen atoms in total. The number of nitro benzene ring substituents is 1. The van der Waals surface area contributed by atoms with Crippen molar-refractivity contribution < 1.29 is 9.72 Å². The lowest BCUT2D eigenvalue weighted by Crippen LogP contribution is -2.20. The number of carbonyl (C=O) groups excluding carboxylic acids is 1. The summed E-state index contributed by atoms with van der Waals surface area (Å²) < 4.78 is 0. The van der Waals surface area contributed by atoms with Crippen LogP contribution in [0.25, 0.3) is 0 Å². The van der Waals surface area contributed by atoms with Gasteiger partial charge in [-0.2, -0.15) is 5.10 Å². The van der Waals surface area contributed by atoms with Crippen molar-refractivity contribution in [2.24, 2.45) is 5.10 Å². The number of hydrogen-bond donors (Lipinski definition) is 1. The number of benzene rings is 2. The summed E-state index contributed by atoms with van der Waals surface area (Å²) in [6, 6.07) is 15.7. The Morgan fingerprint density at radius 2 is 1.78 bits per heavy atom. The summed E-state index contributed by atoms with van der Waals surface area (Å²) >= 11 is 0. The van der Waals surface area contributed by atoms with Crippen molar-refractivity contribution in [2.75, 3.05) is 0 Å². The van der Waals surface area contributed by atoms with E-state index < -0.39 is 10.8 Å². The lowest BCUT2D eigenvalue weighted by molar-refractivity contribution is -0.385. The van der Waals surface area contributed by atoms with Gasteiger partial charge in [0.1, 0.15) is 5.56 Å². The molecule has 1 amide bonds. The third-order valence-electron chi connectivity index (χ3n) is 3.31. The molecule has 1 N–H and O–H groups in total. The van der Waals surface area contributed by atoms with E-state index in [1.807, 2.05) is 37.3 Å². The number of nitrogens with zero attached hydrogens (tertiary/aromatic N) is 2. The molecule has 0 aromatic heterocycles. The standard InChI is InChI=1S/C17H17N3O3/c1-13(11-12-14-7-3-2-4-8-14)18-19-17(21)15-9-5-6-10-16(15)20(22)23/h2-10H,11-12H2,1H3,(H,19,21)/b18-13-. The number of nitrogens with one attached hydrogen (secondary N) is 1. The van der Waals surface area contributed by atoms with Crippen LogP contribution in [0.3, 0.4) is 0 Å². The van der Waals surface area contributed by atoms with Gasteiger partial charge in [-0.1, -0.05) is 42.5 Å². The van der Waals surface area contributed by atoms with Gasteiger partial charge in [0.25, 0.3) is 11.6 Å². The molecule has 0 unspecified atom stereocenters. The number of rotatable bonds is 6. The highest BCUT2D eigenvalue weighted by molar-refractivity contribution is 5.98. The van der Waals surface area contributed by atoms with Crippen LogP contribution in [-0.2, 0) is 6.42 Å². The zero-order valence-electron chi connectivity index (χ0n) is 12.7. The molecule has 0 aliphatic carbocycles. The monoisotopic (exact) mass is 311 g/mol. The van der Waals surface area contributed by atoms with Crippen LogP contribution in [0.1, 0.15) is 29.3 Å². The first-order valence-electron chi connectivity index (χ1n) is 7.19. The Morgan fingerprint density at radius 3 is 2.48 bits per heavy atom. The smallest absolute Gasteiger partial charge is 0.267 e. The fourth-order valence-corrected chi connectivity index (χ4v) is 2.06. The molecule has 118 valence electrons. The van der Waals surface area contributed by atoms with Crippen LogP contribution in [0.2, 0.25) is 0 Å². The average molecular weight is 311 g/mol. The first kappa shape index (κ1) is 16.4. The van der Waals surface area contributed by atoms with E-state index in [0.717, 1.165) is 12.1 Å². The minimum absolute atomic E-state index is 0.00268. The van der Waals surface area contributed by atoms with E-state index in [9.17, 15) is 14.9 Å². The van der Waals surface area contributed by atoms with Gasteiger partial charge in [-0.3, -0.25) is 14.9 Å². The zero-order valence-corrected chi connectivity index (χ0v) is 12.7. The number of para-hydroxylation sites is 1. The predicted octanol–water partition coefficient (Wildman–Crippen LogP) is 3.33. The van der Waals surface area contributed by atoms with Crippen molar-refractivity contribution in [1.82, 2.24) is 5.43 Å². The van der Waals surface area contributed by atoms with E-state index in [1.165, 1.54) is 23.8 Å². The van der Waals surface area contributed by atoms with Crippen molar-refractivity contribution >= 4 is 17.3 Å². The second-order valence-corrected chi connectivity index (χ2v) is 5.05. The van der Waals surface area contributed by atoms with E-state index in [2.05, 4.69) is 10.5 Å². The molecule has 2 aromatic carbocycles. The number of hydrazone groups is 1. The van der Waals surface area contributed by atoms with Crippen LogP contribution in [0.4, 0.5) is 5.69 Å². The number of hydrogen-bond acceptors (Lipinski definition) is 4. The lowest BCUT2D eigenvalue weighted by Gasteiger charge is -2.04. The molecular formula is C17H17N3O3. The summed E-state index contributed by atoms with van der Waals surface area (Å²) in [4.78, 5) is 22.4. The molecule has 0 saturated heterocycles. The predicted molar refractivity (Wildman–Crippen MR) is 88.4 cm³/mol. The van der Waals surface area contributed by atoms with Crippen molar-refractivity contribution in [2.45, 2.75) is 19.8 Å². The van der Waals surface area contributed by atoms with Crippen LogP contribution in [0.5, 0.6) is 0 Å². The quantitative estimate of drug-likeness (QED) is 0.504. The number of nitro groups is 1. The van der Waals surface area contributed by atoms with E-state index in [1.54, 1.807) is 6.07 Å². The molecule has 23 heavy (non-hydrogen) atoms. The van der Waals surface area contributed by atoms with Gasteiger partial charge in [0.2, 0.25) is 0 Å². The molecule has 0 fully saturated rings. The Kier molecular flexibility index (Phi) is 5.57. The maximum Gasteiger partial charge on any atom is 0.282 e. The third kappa shape index (κ3) is 4.74. The first-order chi connectivity index (χ1) is 11.1. The zero-order chi connectivity index (χ0) is 16.7. The first-order valence-corrected chi connectivity index (χ1v) is 7.19. The molecule has 2 rings (SSSR count). The van der Waals surface area contributed by atoms with Crippen molar-refractivity contribution in [1.29, 1.82) is 0 Å². The maximum atomic E-state index is 12.0. The van der Waals surface area contributed by atoms with Gasteiger partial charge in [0, 0.05) is 11.8 Å². The second-order valence-electron chi connectivity index (χ2n) is 5.05. The Labute approximate surface area is 134 Å². The summed E-state index contributed by atoms with van der Waals surface area (Å²) in [7, 11) is 0. The number of carbonyl (C=O) groups is 1. The van der Waals surface area contributed by atoms with Gasteiger partial charge in [0.15, 0.2) is 0 Å². The molecule has 6 heteroatoms. The molecule has 0 aliphatic heterocycles. The highest BCUT2D eigenvalue weighted by atomic mass is 16.6. The van der Waals surface area contributed by atoms with Gasteiger partial charge < -0.3 is 0 Å². The Hall–Kier alpha value is -3.02. The molecule has 0 aliphatic rings. The van der Waals surface area contributed by atoms with Gasteiger partial charge in [0.05, 0.1) is 4.92 Å². The fraction of sp³-hybridized carbons (Fsp3) is 0.176. The fourth-order valence-electron chi connectivity index (χ4n) is 2.06. The van der Waals surface area contributed by atoms with Crippen molar-refractivity contribution in [3.05, 3.63) is 75.8 Å². The van der Waals surface area contributed by atoms with E-state index in [0.29, 0.717) is 6.42 Å². The molecule has 0 saturated carbocycles. The van der Waals surface area contributed by atoms with Gasteiger partial charge in [-0.05, 0) is 31.4 Å². The van der Waals surface area contributed by atoms with Crippen LogP contribution < -0.4 is 5.43 Å². The van der Waals surface area contributed by atoms with Crippen LogP contribution in [0, 0.1) is 10.1 Å². The van der Waals surface area contributed by atoms with Crippen molar-refractivity contribution in [3.63, 3.8) is 0 Å². The van der Waals surface area contributed by atoms with E-state index >= 15 is 0 Å². The molecular weight excluding hydrogens is 294 g/mol. The Morgan fingerprint density at radius 1 is 1.13 bits per heavy atom. The summed E-state index contributed by atoms with van der Waals surface area (Å²) in [6.45, 7) is 1.81. The molecule has 0 heterocycles. The van der Waals surface area contributed by atoms with E-state index in [-0.39, 0.29) is 11.3 Å². The molecule has 0 atom stereocenters. The molecule has 2 aromatic rings. The normalized spacial score (nSPS) is 11.1. The number of aryl methyl sites for hydroxylation is 1. The lowest BCUT2D eigenvalue weighted by atomic mass is 10.1. The molecule has 0 spiro atoms. The highest BCUT2D eigenvalue weighted by Gasteiger charge is 2.18. The molecule has 0 bridgehead atoms. The van der Waals surface area contributed by atoms with Crippen LogP contribution in [0.15, 0.2) is 59.7 Å². The minimum atomic E-state index is -0.587. The number of amides is 1. The average Bonchev–Trinajstić information content (AvgIpc) is 2.58. The van der Waals surface area contributed by atoms with Crippen LogP contribution >= 0.6 is 0 Å².